The van der Waals surface area contributed by atoms with Gasteiger partial charge in [-0.05, 0) is 19.1 Å². The van der Waals surface area contributed by atoms with Crippen molar-refractivity contribution in [3.8, 4) is 5.88 Å². The lowest BCUT2D eigenvalue weighted by atomic mass is 10.1. The number of hydrogen-bond acceptors (Lipinski definition) is 5. The van der Waals surface area contributed by atoms with Crippen LogP contribution in [-0.2, 0) is 0 Å². The van der Waals surface area contributed by atoms with Gasteiger partial charge in [0.15, 0.2) is 0 Å². The van der Waals surface area contributed by atoms with Crippen LogP contribution in [0.2, 0.25) is 5.02 Å². The lowest BCUT2D eigenvalue weighted by Crippen LogP contribution is -2.38. The molecule has 0 amide bonds. The summed E-state index contributed by atoms with van der Waals surface area (Å²) in [5.41, 5.74) is 0.871. The van der Waals surface area contributed by atoms with E-state index in [9.17, 15) is 0 Å². The SMILES string of the molecule is Cc1cncc(OC2CCN(c3ccc(Cl)cn3)CC2)n1. The Morgan fingerprint density at radius 1 is 1.19 bits per heavy atom. The van der Waals surface area contributed by atoms with Gasteiger partial charge in [0.25, 0.3) is 0 Å². The van der Waals surface area contributed by atoms with Crippen LogP contribution in [0.1, 0.15) is 18.5 Å². The van der Waals surface area contributed by atoms with E-state index >= 15 is 0 Å². The highest BCUT2D eigenvalue weighted by atomic mass is 35.5. The molecule has 5 nitrogen and oxygen atoms in total. The number of anilines is 1. The minimum Gasteiger partial charge on any atom is -0.473 e. The molecule has 3 rings (SSSR count). The summed E-state index contributed by atoms with van der Waals surface area (Å²) in [6.07, 6.45) is 7.15. The Morgan fingerprint density at radius 2 is 2.00 bits per heavy atom. The van der Waals surface area contributed by atoms with E-state index in [1.165, 1.54) is 0 Å². The quantitative estimate of drug-likeness (QED) is 0.872. The molecule has 1 saturated heterocycles. The summed E-state index contributed by atoms with van der Waals surface area (Å²) in [6, 6.07) is 3.82. The molecule has 0 unspecified atom stereocenters. The van der Waals surface area contributed by atoms with E-state index in [-0.39, 0.29) is 6.10 Å². The molecule has 110 valence electrons. The highest BCUT2D eigenvalue weighted by Crippen LogP contribution is 2.21. The molecule has 0 aromatic carbocycles. The number of nitrogens with zero attached hydrogens (tertiary/aromatic N) is 4. The van der Waals surface area contributed by atoms with Gasteiger partial charge in [0.1, 0.15) is 11.9 Å². The highest BCUT2D eigenvalue weighted by Gasteiger charge is 2.21. The summed E-state index contributed by atoms with van der Waals surface area (Å²) in [5, 5.41) is 0.662. The second kappa shape index (κ2) is 6.26. The van der Waals surface area contributed by atoms with E-state index < -0.39 is 0 Å². The van der Waals surface area contributed by atoms with Gasteiger partial charge in [-0.3, -0.25) is 4.98 Å². The van der Waals surface area contributed by atoms with Gasteiger partial charge in [-0.15, -0.1) is 0 Å². The molecule has 0 atom stereocenters. The smallest absolute Gasteiger partial charge is 0.232 e. The van der Waals surface area contributed by atoms with Crippen molar-refractivity contribution in [1.82, 2.24) is 15.0 Å². The predicted octanol–water partition coefficient (Wildman–Crippen LogP) is 2.88. The molecule has 0 radical (unpaired) electrons. The number of aromatic nitrogens is 3. The van der Waals surface area contributed by atoms with E-state index in [1.807, 2.05) is 19.1 Å². The standard InChI is InChI=1S/C15H17ClN4O/c1-11-8-17-10-15(19-11)21-13-4-6-20(7-5-13)14-3-2-12(16)9-18-14/h2-3,8-10,13H,4-7H2,1H3. The van der Waals surface area contributed by atoms with Crippen molar-refractivity contribution in [2.45, 2.75) is 25.9 Å². The maximum Gasteiger partial charge on any atom is 0.232 e. The summed E-state index contributed by atoms with van der Waals surface area (Å²) in [4.78, 5) is 15.0. The molecule has 3 heterocycles. The van der Waals surface area contributed by atoms with Gasteiger partial charge in [-0.25, -0.2) is 9.97 Å². The van der Waals surface area contributed by atoms with Crippen LogP contribution in [0, 0.1) is 6.92 Å². The lowest BCUT2D eigenvalue weighted by molar-refractivity contribution is 0.163. The Morgan fingerprint density at radius 3 is 2.67 bits per heavy atom. The molecule has 1 aliphatic heterocycles. The average molecular weight is 305 g/mol. The summed E-state index contributed by atoms with van der Waals surface area (Å²) in [7, 11) is 0. The van der Waals surface area contributed by atoms with Crippen molar-refractivity contribution in [2.75, 3.05) is 18.0 Å². The molecule has 0 saturated carbocycles. The first-order valence-corrected chi connectivity index (χ1v) is 7.40. The third-order valence-electron chi connectivity index (χ3n) is 3.50. The Balaban J connectivity index is 1.56. The number of hydrogen-bond donors (Lipinski definition) is 0. The van der Waals surface area contributed by atoms with Crippen molar-refractivity contribution >= 4 is 17.4 Å². The third kappa shape index (κ3) is 3.61. The van der Waals surface area contributed by atoms with E-state index in [0.29, 0.717) is 10.9 Å². The van der Waals surface area contributed by atoms with Crippen molar-refractivity contribution in [1.29, 1.82) is 0 Å². The molecular weight excluding hydrogens is 288 g/mol. The van der Waals surface area contributed by atoms with Gasteiger partial charge in [0.2, 0.25) is 5.88 Å². The van der Waals surface area contributed by atoms with Crippen molar-refractivity contribution < 1.29 is 4.74 Å². The topological polar surface area (TPSA) is 51.1 Å². The fourth-order valence-corrected chi connectivity index (χ4v) is 2.54. The van der Waals surface area contributed by atoms with Gasteiger partial charge in [0.05, 0.1) is 16.9 Å². The fraction of sp³-hybridized carbons (Fsp3) is 0.400. The zero-order valence-corrected chi connectivity index (χ0v) is 12.6. The van der Waals surface area contributed by atoms with Crippen LogP contribution in [-0.4, -0.2) is 34.1 Å². The normalized spacial score (nSPS) is 16.0. The number of halogens is 1. The van der Waals surface area contributed by atoms with Crippen molar-refractivity contribution in [3.05, 3.63) is 41.4 Å². The molecule has 2 aromatic rings. The summed E-state index contributed by atoms with van der Waals surface area (Å²) >= 11 is 5.86. The Bertz CT molecular complexity index is 597. The molecule has 0 N–H and O–H groups in total. The molecule has 0 aliphatic carbocycles. The summed E-state index contributed by atoms with van der Waals surface area (Å²) in [6.45, 7) is 3.74. The Labute approximate surface area is 129 Å². The van der Waals surface area contributed by atoms with E-state index in [2.05, 4.69) is 19.9 Å². The van der Waals surface area contributed by atoms with Gasteiger partial charge < -0.3 is 9.64 Å². The van der Waals surface area contributed by atoms with Gasteiger partial charge in [0, 0.05) is 38.3 Å². The molecule has 1 fully saturated rings. The van der Waals surface area contributed by atoms with E-state index in [1.54, 1.807) is 18.6 Å². The van der Waals surface area contributed by atoms with E-state index in [4.69, 9.17) is 16.3 Å². The molecule has 21 heavy (non-hydrogen) atoms. The number of ether oxygens (including phenoxy) is 1. The molecule has 1 aliphatic rings. The van der Waals surface area contributed by atoms with Crippen LogP contribution in [0.15, 0.2) is 30.7 Å². The van der Waals surface area contributed by atoms with Crippen LogP contribution < -0.4 is 9.64 Å². The minimum atomic E-state index is 0.185. The zero-order valence-electron chi connectivity index (χ0n) is 11.9. The van der Waals surface area contributed by atoms with Gasteiger partial charge in [-0.2, -0.15) is 0 Å². The average Bonchev–Trinajstić information content (AvgIpc) is 2.49. The summed E-state index contributed by atoms with van der Waals surface area (Å²) in [5.74, 6) is 1.58. The first kappa shape index (κ1) is 14.1. The van der Waals surface area contributed by atoms with Crippen LogP contribution >= 0.6 is 11.6 Å². The number of rotatable bonds is 3. The first-order chi connectivity index (χ1) is 10.2. The van der Waals surface area contributed by atoms with Gasteiger partial charge >= 0.3 is 0 Å². The fourth-order valence-electron chi connectivity index (χ4n) is 2.43. The number of piperidine rings is 1. The molecule has 2 aromatic heterocycles. The molecule has 0 bridgehead atoms. The zero-order chi connectivity index (χ0) is 14.7. The second-order valence-electron chi connectivity index (χ2n) is 5.14. The molecule has 0 spiro atoms. The molecule has 6 heteroatoms. The van der Waals surface area contributed by atoms with Crippen LogP contribution in [0.4, 0.5) is 5.82 Å². The first-order valence-electron chi connectivity index (χ1n) is 7.02. The maximum atomic E-state index is 5.90. The second-order valence-corrected chi connectivity index (χ2v) is 5.57. The maximum absolute atomic E-state index is 5.90. The lowest BCUT2D eigenvalue weighted by Gasteiger charge is -2.32. The Kier molecular flexibility index (Phi) is 4.20. The number of aryl methyl sites for hydroxylation is 1. The number of pyridine rings is 1. The van der Waals surface area contributed by atoms with Crippen LogP contribution in [0.3, 0.4) is 0 Å². The monoisotopic (exact) mass is 304 g/mol. The summed E-state index contributed by atoms with van der Waals surface area (Å²) < 4.78 is 5.90. The Hall–Kier alpha value is -1.88. The minimum absolute atomic E-state index is 0.185. The van der Waals surface area contributed by atoms with Crippen molar-refractivity contribution in [3.63, 3.8) is 0 Å². The predicted molar refractivity (Wildman–Crippen MR) is 81.9 cm³/mol. The largest absolute Gasteiger partial charge is 0.473 e. The molecular formula is C15H17ClN4O. The third-order valence-corrected chi connectivity index (χ3v) is 3.72. The van der Waals surface area contributed by atoms with Crippen LogP contribution in [0.5, 0.6) is 5.88 Å². The van der Waals surface area contributed by atoms with Crippen molar-refractivity contribution in [2.24, 2.45) is 0 Å². The van der Waals surface area contributed by atoms with E-state index in [0.717, 1.165) is 37.4 Å². The van der Waals surface area contributed by atoms with Crippen LogP contribution in [0.25, 0.3) is 0 Å². The highest BCUT2D eigenvalue weighted by molar-refractivity contribution is 6.30. The van der Waals surface area contributed by atoms with Gasteiger partial charge in [-0.1, -0.05) is 11.6 Å².